The van der Waals surface area contributed by atoms with Gasteiger partial charge in [-0.2, -0.15) is 9.97 Å². The van der Waals surface area contributed by atoms with Gasteiger partial charge in [0.25, 0.3) is 0 Å². The van der Waals surface area contributed by atoms with Crippen molar-refractivity contribution in [2.24, 2.45) is 5.73 Å². The second-order valence-electron chi connectivity index (χ2n) is 5.53. The van der Waals surface area contributed by atoms with E-state index < -0.39 is 11.7 Å². The number of amides is 1. The third-order valence-electron chi connectivity index (χ3n) is 2.10. The molecule has 1 amide bonds. The van der Waals surface area contributed by atoms with Crippen molar-refractivity contribution < 1.29 is 18.6 Å². The molecule has 0 saturated carbocycles. The second-order valence-corrected chi connectivity index (χ2v) is 5.53. The number of rotatable bonds is 3. The predicted molar refractivity (Wildman–Crippen MR) is 86.3 cm³/mol. The van der Waals surface area contributed by atoms with Gasteiger partial charge in [-0.3, -0.25) is 0 Å². The number of nitrogens with two attached hydrogens (primary N) is 1. The maximum Gasteiger partial charge on any atom is 0.408 e. The van der Waals surface area contributed by atoms with E-state index in [-0.39, 0.29) is 19.0 Å². The fourth-order valence-corrected chi connectivity index (χ4v) is 1.30. The quantitative estimate of drug-likeness (QED) is 0.832. The van der Waals surface area contributed by atoms with Crippen LogP contribution in [0.4, 0.5) is 4.79 Å². The Morgan fingerprint density at radius 3 is 1.96 bits per heavy atom. The molecule has 10 nitrogen and oxygen atoms in total. The minimum atomic E-state index is -0.505. The number of hydrogen-bond acceptors (Lipinski definition) is 9. The summed E-state index contributed by atoms with van der Waals surface area (Å²) in [6.45, 7) is 9.34. The van der Waals surface area contributed by atoms with Gasteiger partial charge in [-0.1, -0.05) is 10.3 Å². The first-order valence-corrected chi connectivity index (χ1v) is 6.95. The molecule has 0 atom stereocenters. The van der Waals surface area contributed by atoms with E-state index in [1.54, 1.807) is 34.6 Å². The minimum absolute atomic E-state index is 0. The molecule has 2 aromatic rings. The van der Waals surface area contributed by atoms with E-state index in [9.17, 15) is 4.79 Å². The first kappa shape index (κ1) is 21.8. The summed E-state index contributed by atoms with van der Waals surface area (Å²) in [7, 11) is 0. The lowest BCUT2D eigenvalue weighted by Gasteiger charge is -2.19. The molecule has 2 aromatic heterocycles. The number of ether oxygens (including phenoxy) is 1. The van der Waals surface area contributed by atoms with Crippen LogP contribution in [0.5, 0.6) is 0 Å². The van der Waals surface area contributed by atoms with Gasteiger partial charge in [0.2, 0.25) is 11.8 Å². The largest absolute Gasteiger partial charge is 0.444 e. The van der Waals surface area contributed by atoms with Gasteiger partial charge >= 0.3 is 6.09 Å². The van der Waals surface area contributed by atoms with Crippen LogP contribution in [0, 0.1) is 13.8 Å². The first-order valence-electron chi connectivity index (χ1n) is 6.95. The highest BCUT2D eigenvalue weighted by molar-refractivity contribution is 5.85. The second kappa shape index (κ2) is 9.83. The number of alkyl carbamates (subject to hydrolysis) is 1. The molecule has 0 saturated heterocycles. The third kappa shape index (κ3) is 9.06. The fraction of sp³-hybridized carbons (Fsp3) is 0.615. The highest BCUT2D eigenvalue weighted by Crippen LogP contribution is 2.06. The highest BCUT2D eigenvalue weighted by Gasteiger charge is 2.16. The molecule has 0 bridgehead atoms. The summed E-state index contributed by atoms with van der Waals surface area (Å²) in [6.07, 6.45) is -0.502. The lowest BCUT2D eigenvalue weighted by molar-refractivity contribution is 0.0518. The van der Waals surface area contributed by atoms with E-state index >= 15 is 0 Å². The fourth-order valence-electron chi connectivity index (χ4n) is 1.30. The van der Waals surface area contributed by atoms with Crippen LogP contribution in [0.25, 0.3) is 0 Å². The molecule has 136 valence electrons. The van der Waals surface area contributed by atoms with Gasteiger partial charge in [-0.15, -0.1) is 12.4 Å². The Morgan fingerprint density at radius 2 is 1.62 bits per heavy atom. The van der Waals surface area contributed by atoms with Gasteiger partial charge in [-0.25, -0.2) is 4.79 Å². The lowest BCUT2D eigenvalue weighted by atomic mass is 10.2. The first-order chi connectivity index (χ1) is 10.7. The molecule has 0 radical (unpaired) electrons. The van der Waals surface area contributed by atoms with Crippen LogP contribution in [-0.4, -0.2) is 32.0 Å². The van der Waals surface area contributed by atoms with Crippen LogP contribution in [0.1, 0.15) is 44.2 Å². The van der Waals surface area contributed by atoms with Gasteiger partial charge in [-0.05, 0) is 34.6 Å². The van der Waals surface area contributed by atoms with E-state index in [1.807, 2.05) is 0 Å². The molecular formula is C13H23ClN6O4. The maximum absolute atomic E-state index is 11.2. The van der Waals surface area contributed by atoms with Crippen molar-refractivity contribution in [2.75, 3.05) is 0 Å². The normalized spacial score (nSPS) is 10.2. The van der Waals surface area contributed by atoms with Gasteiger partial charge in [0, 0.05) is 0 Å². The van der Waals surface area contributed by atoms with Crippen LogP contribution < -0.4 is 11.1 Å². The summed E-state index contributed by atoms with van der Waals surface area (Å²) in [5.74, 6) is 2.02. The maximum atomic E-state index is 11.2. The molecule has 3 N–H and O–H groups in total. The topological polar surface area (TPSA) is 142 Å². The summed E-state index contributed by atoms with van der Waals surface area (Å²) in [4.78, 5) is 19.0. The number of nitrogens with one attached hydrogen (secondary N) is 1. The average Bonchev–Trinajstić information content (AvgIpc) is 3.04. The number of halogens is 1. The Bertz CT molecular complexity index is 622. The van der Waals surface area contributed by atoms with Crippen molar-refractivity contribution in [3.63, 3.8) is 0 Å². The molecule has 2 heterocycles. The van der Waals surface area contributed by atoms with Crippen molar-refractivity contribution in [2.45, 2.75) is 53.3 Å². The average molecular weight is 363 g/mol. The Kier molecular flexibility index (Phi) is 8.93. The molecule has 2 rings (SSSR count). The van der Waals surface area contributed by atoms with Crippen molar-refractivity contribution in [1.29, 1.82) is 0 Å². The summed E-state index contributed by atoms with van der Waals surface area (Å²) >= 11 is 0. The van der Waals surface area contributed by atoms with Gasteiger partial charge in [0.05, 0.1) is 6.54 Å². The zero-order valence-electron chi connectivity index (χ0n) is 14.3. The van der Waals surface area contributed by atoms with Crippen LogP contribution in [0.3, 0.4) is 0 Å². The molecule has 0 aliphatic carbocycles. The van der Waals surface area contributed by atoms with E-state index in [1.165, 1.54) is 0 Å². The summed E-state index contributed by atoms with van der Waals surface area (Å²) < 4.78 is 14.5. The molecule has 11 heteroatoms. The molecule has 0 aliphatic heterocycles. The SMILES string of the molecule is Cc1noc(CN)n1.Cc1noc(CNC(=O)OC(C)(C)C)n1.Cl. The third-order valence-corrected chi connectivity index (χ3v) is 2.10. The van der Waals surface area contributed by atoms with Gasteiger partial charge in [0.15, 0.2) is 11.6 Å². The number of nitrogens with zero attached hydrogens (tertiary/aromatic N) is 4. The Morgan fingerprint density at radius 1 is 1.12 bits per heavy atom. The summed E-state index contributed by atoms with van der Waals surface area (Å²) in [5.41, 5.74) is 4.66. The minimum Gasteiger partial charge on any atom is -0.444 e. The van der Waals surface area contributed by atoms with Crippen molar-refractivity contribution >= 4 is 18.5 Å². The number of carbonyl (C=O) groups is 1. The standard InChI is InChI=1S/C9H15N3O3.C4H7N3O.ClH/c1-6-11-7(15-12-6)5-10-8(13)14-9(2,3)4;1-3-6-4(2-5)8-7-3;/h5H2,1-4H3,(H,10,13);2,5H2,1H3;1H. The van der Waals surface area contributed by atoms with E-state index in [2.05, 4.69) is 30.1 Å². The lowest BCUT2D eigenvalue weighted by Crippen LogP contribution is -2.32. The molecule has 0 aliphatic rings. The molecule has 0 aromatic carbocycles. The zero-order valence-corrected chi connectivity index (χ0v) is 15.1. The molecule has 24 heavy (non-hydrogen) atoms. The van der Waals surface area contributed by atoms with Crippen LogP contribution >= 0.6 is 12.4 Å². The predicted octanol–water partition coefficient (Wildman–Crippen LogP) is 1.66. The van der Waals surface area contributed by atoms with Crippen molar-refractivity contribution in [3.05, 3.63) is 23.4 Å². The van der Waals surface area contributed by atoms with E-state index in [4.69, 9.17) is 15.0 Å². The Balaban J connectivity index is 0.000000498. The summed E-state index contributed by atoms with van der Waals surface area (Å²) in [5, 5.41) is 9.62. The Hall–Kier alpha value is -2.20. The van der Waals surface area contributed by atoms with Crippen molar-refractivity contribution in [1.82, 2.24) is 25.6 Å². The molecular weight excluding hydrogens is 340 g/mol. The Labute approximate surface area is 145 Å². The zero-order chi connectivity index (χ0) is 17.5. The monoisotopic (exact) mass is 362 g/mol. The van der Waals surface area contributed by atoms with Gasteiger partial charge in [0.1, 0.15) is 12.1 Å². The number of aromatic nitrogens is 4. The number of carbonyl (C=O) groups excluding carboxylic acids is 1. The molecule has 0 unspecified atom stereocenters. The van der Waals surface area contributed by atoms with Gasteiger partial charge < -0.3 is 24.8 Å². The molecule has 0 spiro atoms. The van der Waals surface area contributed by atoms with Crippen LogP contribution in [-0.2, 0) is 17.8 Å². The summed E-state index contributed by atoms with van der Waals surface area (Å²) in [6, 6.07) is 0. The number of aryl methyl sites for hydroxylation is 2. The van der Waals surface area contributed by atoms with E-state index in [0.717, 1.165) is 0 Å². The van der Waals surface area contributed by atoms with Crippen LogP contribution in [0.15, 0.2) is 9.05 Å². The number of hydrogen-bond donors (Lipinski definition) is 2. The smallest absolute Gasteiger partial charge is 0.408 e. The van der Waals surface area contributed by atoms with Crippen LogP contribution in [0.2, 0.25) is 0 Å². The van der Waals surface area contributed by atoms with E-state index in [0.29, 0.717) is 30.0 Å². The van der Waals surface area contributed by atoms with Crippen molar-refractivity contribution in [3.8, 4) is 0 Å². The molecule has 0 fully saturated rings. The highest BCUT2D eigenvalue weighted by atomic mass is 35.5.